The lowest BCUT2D eigenvalue weighted by Gasteiger charge is -2.13. The van der Waals surface area contributed by atoms with Gasteiger partial charge in [-0.05, 0) is 55.8 Å². The van der Waals surface area contributed by atoms with Gasteiger partial charge in [0.1, 0.15) is 6.54 Å². The fourth-order valence-electron chi connectivity index (χ4n) is 4.30. The Morgan fingerprint density at radius 1 is 1.17 bits per heavy atom. The molecule has 3 aromatic rings. The minimum absolute atomic E-state index is 0.000668. The Bertz CT molecular complexity index is 1320. The number of benzene rings is 2. The van der Waals surface area contributed by atoms with Crippen molar-refractivity contribution in [1.82, 2.24) is 14.8 Å². The fraction of sp³-hybridized carbons (Fsp3) is 0.296. The molecule has 5 rings (SSSR count). The maximum absolute atomic E-state index is 13.4. The van der Waals surface area contributed by atoms with Crippen LogP contribution in [0.5, 0.6) is 0 Å². The summed E-state index contributed by atoms with van der Waals surface area (Å²) in [6.07, 6.45) is 3.97. The van der Waals surface area contributed by atoms with Crippen LogP contribution in [-0.2, 0) is 20.9 Å². The van der Waals surface area contributed by atoms with Crippen molar-refractivity contribution >= 4 is 51.4 Å². The minimum Gasteiger partial charge on any atom is -0.383 e. The first-order chi connectivity index (χ1) is 17.1. The Morgan fingerprint density at radius 3 is 2.66 bits per heavy atom. The van der Waals surface area contributed by atoms with Gasteiger partial charge in [-0.3, -0.25) is 14.5 Å². The number of hydrogen-bond donors (Lipinski definition) is 1. The van der Waals surface area contributed by atoms with Crippen molar-refractivity contribution in [2.75, 3.05) is 20.3 Å². The second-order valence-corrected chi connectivity index (χ2v) is 9.70. The summed E-state index contributed by atoms with van der Waals surface area (Å²) in [5, 5.41) is 4.63. The Morgan fingerprint density at radius 2 is 1.91 bits per heavy atom. The normalized spacial score (nSPS) is 18.2. The average Bonchev–Trinajstić information content (AvgIpc) is 3.61. The van der Waals surface area contributed by atoms with Gasteiger partial charge >= 0.3 is 0 Å². The third kappa shape index (κ3) is 4.90. The number of thioether (sulfide) groups is 1. The second-order valence-electron chi connectivity index (χ2n) is 8.69. The van der Waals surface area contributed by atoms with E-state index in [1.165, 1.54) is 11.8 Å². The van der Waals surface area contributed by atoms with Gasteiger partial charge in [-0.25, -0.2) is 4.99 Å². The Labute approximate surface area is 208 Å². The summed E-state index contributed by atoms with van der Waals surface area (Å²) in [4.78, 5) is 33.3. The predicted octanol–water partition coefficient (Wildman–Crippen LogP) is 4.48. The number of methoxy groups -OCH3 is 1. The van der Waals surface area contributed by atoms with Crippen molar-refractivity contribution in [3.05, 3.63) is 70.8 Å². The maximum atomic E-state index is 13.4. The van der Waals surface area contributed by atoms with Gasteiger partial charge in [-0.2, -0.15) is 0 Å². The molecule has 8 heteroatoms. The molecule has 1 aliphatic carbocycles. The van der Waals surface area contributed by atoms with E-state index < -0.39 is 0 Å². The monoisotopic (exact) mass is 488 g/mol. The zero-order valence-corrected chi connectivity index (χ0v) is 20.7. The molecule has 0 unspecified atom stereocenters. The number of para-hydroxylation sites is 2. The molecule has 1 saturated carbocycles. The van der Waals surface area contributed by atoms with Gasteiger partial charge in [0, 0.05) is 41.9 Å². The number of carbonyl (C=O) groups is 2. The number of amidine groups is 1. The number of nitrogens with zero attached hydrogens (tertiary/aromatic N) is 3. The van der Waals surface area contributed by atoms with E-state index in [0.29, 0.717) is 18.1 Å². The van der Waals surface area contributed by atoms with E-state index in [1.54, 1.807) is 7.11 Å². The molecule has 1 aliphatic heterocycles. The van der Waals surface area contributed by atoms with Gasteiger partial charge in [-0.15, -0.1) is 0 Å². The van der Waals surface area contributed by atoms with Crippen molar-refractivity contribution in [2.45, 2.75) is 32.4 Å². The lowest BCUT2D eigenvalue weighted by Crippen LogP contribution is -2.31. The van der Waals surface area contributed by atoms with Crippen molar-refractivity contribution in [1.29, 1.82) is 0 Å². The number of nitrogens with one attached hydrogen (secondary N) is 1. The van der Waals surface area contributed by atoms with Crippen LogP contribution in [0.2, 0.25) is 0 Å². The van der Waals surface area contributed by atoms with Gasteiger partial charge < -0.3 is 14.6 Å². The summed E-state index contributed by atoms with van der Waals surface area (Å²) in [7, 11) is 1.61. The highest BCUT2D eigenvalue weighted by molar-refractivity contribution is 8.18. The summed E-state index contributed by atoms with van der Waals surface area (Å²) in [5.74, 6) is -0.0747. The summed E-state index contributed by atoms with van der Waals surface area (Å²) >= 11 is 1.42. The third-order valence-corrected chi connectivity index (χ3v) is 7.20. The standard InChI is InChI=1S/C27H28N4O3S/c1-18-22(21-10-6-7-11-23(21)30(18)17-25(32)28-14-15-34-2)16-24-26(33)31(20-12-13-20)27(35-24)29-19-8-4-3-5-9-19/h3-11,16,20H,12-15,17H2,1-2H3,(H,28,32). The van der Waals surface area contributed by atoms with Gasteiger partial charge in [0.05, 0.1) is 17.2 Å². The molecule has 1 aromatic heterocycles. The first-order valence-corrected chi connectivity index (χ1v) is 12.6. The Balaban J connectivity index is 1.50. The van der Waals surface area contributed by atoms with Gasteiger partial charge in [0.25, 0.3) is 5.91 Å². The number of amides is 2. The molecule has 0 spiro atoms. The van der Waals surface area contributed by atoms with E-state index in [-0.39, 0.29) is 24.4 Å². The molecule has 7 nitrogen and oxygen atoms in total. The molecule has 0 bridgehead atoms. The highest BCUT2D eigenvalue weighted by atomic mass is 32.2. The van der Waals surface area contributed by atoms with Crippen LogP contribution in [0.1, 0.15) is 24.1 Å². The summed E-state index contributed by atoms with van der Waals surface area (Å²) in [6.45, 7) is 3.14. The zero-order chi connectivity index (χ0) is 24.4. The van der Waals surface area contributed by atoms with Crippen molar-refractivity contribution in [2.24, 2.45) is 4.99 Å². The number of hydrogen-bond acceptors (Lipinski definition) is 5. The van der Waals surface area contributed by atoms with Crippen LogP contribution < -0.4 is 5.32 Å². The predicted molar refractivity (Wildman–Crippen MR) is 141 cm³/mol. The van der Waals surface area contributed by atoms with Crippen LogP contribution in [0.15, 0.2) is 64.5 Å². The molecule has 0 radical (unpaired) electrons. The fourth-order valence-corrected chi connectivity index (χ4v) is 5.34. The SMILES string of the molecule is COCCNC(=O)Cn1c(C)c(C=C2SC(=Nc3ccccc3)N(C3CC3)C2=O)c2ccccc21. The topological polar surface area (TPSA) is 75.9 Å². The van der Waals surface area contributed by atoms with Crippen molar-refractivity contribution in [3.8, 4) is 0 Å². The summed E-state index contributed by atoms with van der Waals surface area (Å²) in [5.41, 5.74) is 3.70. The van der Waals surface area contributed by atoms with Crippen LogP contribution in [0, 0.1) is 6.92 Å². The Hall–Kier alpha value is -3.36. The first kappa shape index (κ1) is 23.4. The molecule has 2 amide bonds. The number of ether oxygens (including phenoxy) is 1. The molecular weight excluding hydrogens is 460 g/mol. The lowest BCUT2D eigenvalue weighted by atomic mass is 10.1. The number of aliphatic imine (C=N–C) groups is 1. The molecule has 2 fully saturated rings. The molecule has 0 atom stereocenters. The Kier molecular flexibility index (Phi) is 6.74. The number of carbonyl (C=O) groups excluding carboxylic acids is 2. The largest absolute Gasteiger partial charge is 0.383 e. The van der Waals surface area contributed by atoms with E-state index in [2.05, 4.69) is 5.32 Å². The first-order valence-electron chi connectivity index (χ1n) is 11.8. The van der Waals surface area contributed by atoms with E-state index >= 15 is 0 Å². The molecule has 1 saturated heterocycles. The van der Waals surface area contributed by atoms with Gasteiger partial charge in [-0.1, -0.05) is 36.4 Å². The van der Waals surface area contributed by atoms with E-state index in [4.69, 9.17) is 9.73 Å². The third-order valence-electron chi connectivity index (χ3n) is 6.22. The molecule has 180 valence electrons. The average molecular weight is 489 g/mol. The van der Waals surface area contributed by atoms with Crippen LogP contribution in [-0.4, -0.2) is 52.8 Å². The van der Waals surface area contributed by atoms with E-state index in [9.17, 15) is 9.59 Å². The van der Waals surface area contributed by atoms with Crippen molar-refractivity contribution in [3.63, 3.8) is 0 Å². The molecule has 2 heterocycles. The van der Waals surface area contributed by atoms with Crippen LogP contribution >= 0.6 is 11.8 Å². The lowest BCUT2D eigenvalue weighted by molar-refractivity contribution is -0.123. The molecule has 1 N–H and O–H groups in total. The highest BCUT2D eigenvalue weighted by Gasteiger charge is 2.43. The summed E-state index contributed by atoms with van der Waals surface area (Å²) in [6, 6.07) is 18.0. The van der Waals surface area contributed by atoms with E-state index in [0.717, 1.165) is 45.9 Å². The quantitative estimate of drug-likeness (QED) is 0.375. The maximum Gasteiger partial charge on any atom is 0.267 e. The molecule has 35 heavy (non-hydrogen) atoms. The van der Waals surface area contributed by atoms with Gasteiger partial charge in [0.2, 0.25) is 5.91 Å². The second kappa shape index (κ2) is 10.1. The molecular formula is C27H28N4O3S. The highest BCUT2D eigenvalue weighted by Crippen LogP contribution is 2.42. The molecule has 2 aliphatic rings. The van der Waals surface area contributed by atoms with Crippen LogP contribution in [0.25, 0.3) is 17.0 Å². The number of aromatic nitrogens is 1. The van der Waals surface area contributed by atoms with Crippen molar-refractivity contribution < 1.29 is 14.3 Å². The molecule has 2 aromatic carbocycles. The number of rotatable bonds is 8. The van der Waals surface area contributed by atoms with Crippen LogP contribution in [0.4, 0.5) is 5.69 Å². The number of fused-ring (bicyclic) bond motifs is 1. The zero-order valence-electron chi connectivity index (χ0n) is 19.9. The van der Waals surface area contributed by atoms with E-state index in [1.807, 2.05) is 77.1 Å². The van der Waals surface area contributed by atoms with Gasteiger partial charge in [0.15, 0.2) is 5.17 Å². The minimum atomic E-state index is -0.0754. The van der Waals surface area contributed by atoms with Crippen LogP contribution in [0.3, 0.4) is 0 Å². The summed E-state index contributed by atoms with van der Waals surface area (Å²) < 4.78 is 7.03. The smallest absolute Gasteiger partial charge is 0.267 e.